The summed E-state index contributed by atoms with van der Waals surface area (Å²) < 4.78 is 0. The van der Waals surface area contributed by atoms with Gasteiger partial charge < -0.3 is 10.3 Å². The van der Waals surface area contributed by atoms with Crippen molar-refractivity contribution in [2.75, 3.05) is 13.6 Å². The lowest BCUT2D eigenvalue weighted by molar-refractivity contribution is 0.938. The maximum absolute atomic E-state index is 4.19. The van der Waals surface area contributed by atoms with Crippen LogP contribution in [-0.2, 0) is 0 Å². The summed E-state index contributed by atoms with van der Waals surface area (Å²) in [5.41, 5.74) is 1.91. The van der Waals surface area contributed by atoms with Gasteiger partial charge in [0.25, 0.3) is 0 Å². The average molecular weight is 185 g/mol. The molecular formula is C11H11N3. The Labute approximate surface area is 82.6 Å². The van der Waals surface area contributed by atoms with Crippen LogP contribution in [0.25, 0.3) is 11.0 Å². The Balaban J connectivity index is 2.43. The fourth-order valence-electron chi connectivity index (χ4n) is 1.30. The molecule has 0 fully saturated rings. The minimum atomic E-state index is 0.703. The molecule has 2 rings (SSSR count). The van der Waals surface area contributed by atoms with Gasteiger partial charge >= 0.3 is 0 Å². The van der Waals surface area contributed by atoms with Crippen LogP contribution in [0.1, 0.15) is 5.56 Å². The van der Waals surface area contributed by atoms with Gasteiger partial charge in [-0.3, -0.25) is 0 Å². The van der Waals surface area contributed by atoms with Crippen LogP contribution in [0.2, 0.25) is 0 Å². The van der Waals surface area contributed by atoms with E-state index in [2.05, 4.69) is 27.1 Å². The fourth-order valence-corrected chi connectivity index (χ4v) is 1.30. The van der Waals surface area contributed by atoms with Gasteiger partial charge in [-0.2, -0.15) is 0 Å². The molecule has 0 bridgehead atoms. The van der Waals surface area contributed by atoms with E-state index >= 15 is 0 Å². The molecule has 0 saturated carbocycles. The third kappa shape index (κ3) is 1.61. The molecule has 0 aliphatic carbocycles. The van der Waals surface area contributed by atoms with Gasteiger partial charge in [0.2, 0.25) is 0 Å². The molecule has 0 aromatic carbocycles. The number of hydrogen-bond donors (Lipinski definition) is 2. The number of aromatic nitrogens is 2. The van der Waals surface area contributed by atoms with E-state index in [1.54, 1.807) is 6.20 Å². The summed E-state index contributed by atoms with van der Waals surface area (Å²) in [6.07, 6.45) is 3.64. The van der Waals surface area contributed by atoms with Crippen molar-refractivity contribution in [1.29, 1.82) is 0 Å². The third-order valence-electron chi connectivity index (χ3n) is 1.95. The normalized spacial score (nSPS) is 9.79. The predicted octanol–water partition coefficient (Wildman–Crippen LogP) is 1.13. The average Bonchev–Trinajstić information content (AvgIpc) is 2.67. The second kappa shape index (κ2) is 3.95. The van der Waals surface area contributed by atoms with E-state index < -0.39 is 0 Å². The van der Waals surface area contributed by atoms with Gasteiger partial charge in [-0.15, -0.1) is 0 Å². The van der Waals surface area contributed by atoms with Crippen molar-refractivity contribution in [2.24, 2.45) is 0 Å². The lowest BCUT2D eigenvalue weighted by Crippen LogP contribution is -2.04. The molecule has 2 N–H and O–H groups in total. The first kappa shape index (κ1) is 8.79. The van der Waals surface area contributed by atoms with E-state index in [1.165, 1.54) is 0 Å². The molecule has 2 aromatic heterocycles. The number of rotatable bonds is 1. The summed E-state index contributed by atoms with van der Waals surface area (Å²) in [5.74, 6) is 6.13. The monoisotopic (exact) mass is 185 g/mol. The molecule has 0 aliphatic heterocycles. The first-order valence-electron chi connectivity index (χ1n) is 4.47. The molecule has 3 nitrogen and oxygen atoms in total. The van der Waals surface area contributed by atoms with Gasteiger partial charge in [0.1, 0.15) is 5.65 Å². The first-order valence-corrected chi connectivity index (χ1v) is 4.47. The van der Waals surface area contributed by atoms with Crippen molar-refractivity contribution >= 4 is 11.0 Å². The lowest BCUT2D eigenvalue weighted by Gasteiger charge is -1.92. The summed E-state index contributed by atoms with van der Waals surface area (Å²) in [5, 5.41) is 4.06. The molecule has 70 valence electrons. The van der Waals surface area contributed by atoms with Crippen molar-refractivity contribution in [1.82, 2.24) is 15.3 Å². The van der Waals surface area contributed by atoms with Gasteiger partial charge in [0.15, 0.2) is 0 Å². The Hall–Kier alpha value is -1.79. The summed E-state index contributed by atoms with van der Waals surface area (Å²) >= 11 is 0. The molecule has 3 heteroatoms. The maximum atomic E-state index is 4.19. The minimum Gasteiger partial charge on any atom is -0.346 e. The number of pyridine rings is 1. The Kier molecular flexibility index (Phi) is 2.48. The molecule has 0 amide bonds. The van der Waals surface area contributed by atoms with Crippen LogP contribution in [0.3, 0.4) is 0 Å². The topological polar surface area (TPSA) is 40.7 Å². The highest BCUT2D eigenvalue weighted by Gasteiger charge is 1.98. The van der Waals surface area contributed by atoms with Crippen LogP contribution in [0.4, 0.5) is 0 Å². The van der Waals surface area contributed by atoms with Crippen LogP contribution in [0.15, 0.2) is 24.5 Å². The zero-order valence-corrected chi connectivity index (χ0v) is 7.96. The minimum absolute atomic E-state index is 0.703. The van der Waals surface area contributed by atoms with Crippen molar-refractivity contribution in [3.63, 3.8) is 0 Å². The molecule has 2 heterocycles. The number of aromatic amines is 1. The molecule has 0 saturated heterocycles. The van der Waals surface area contributed by atoms with E-state index in [9.17, 15) is 0 Å². The predicted molar refractivity (Wildman–Crippen MR) is 56.9 cm³/mol. The van der Waals surface area contributed by atoms with E-state index in [1.807, 2.05) is 25.4 Å². The Bertz CT molecular complexity index is 488. The molecule has 0 spiro atoms. The van der Waals surface area contributed by atoms with Crippen molar-refractivity contribution < 1.29 is 0 Å². The van der Waals surface area contributed by atoms with Crippen LogP contribution < -0.4 is 5.32 Å². The molecule has 14 heavy (non-hydrogen) atoms. The quantitative estimate of drug-likeness (QED) is 0.654. The van der Waals surface area contributed by atoms with Crippen LogP contribution in [0, 0.1) is 11.8 Å². The van der Waals surface area contributed by atoms with E-state index in [0.29, 0.717) is 6.54 Å². The first-order chi connectivity index (χ1) is 6.92. The second-order valence-corrected chi connectivity index (χ2v) is 2.93. The molecule has 0 radical (unpaired) electrons. The molecule has 0 aliphatic rings. The largest absolute Gasteiger partial charge is 0.346 e. The van der Waals surface area contributed by atoms with E-state index in [0.717, 1.165) is 16.6 Å². The van der Waals surface area contributed by atoms with Crippen molar-refractivity contribution in [3.05, 3.63) is 30.1 Å². The highest BCUT2D eigenvalue weighted by Crippen LogP contribution is 2.13. The van der Waals surface area contributed by atoms with Crippen LogP contribution in [-0.4, -0.2) is 23.6 Å². The fraction of sp³-hybridized carbons (Fsp3) is 0.182. The van der Waals surface area contributed by atoms with Gasteiger partial charge in [-0.05, 0) is 19.2 Å². The number of hydrogen-bond acceptors (Lipinski definition) is 2. The lowest BCUT2D eigenvalue weighted by atomic mass is 10.2. The van der Waals surface area contributed by atoms with Crippen molar-refractivity contribution in [3.8, 4) is 11.8 Å². The number of nitrogens with one attached hydrogen (secondary N) is 2. The highest BCUT2D eigenvalue weighted by molar-refractivity contribution is 5.82. The van der Waals surface area contributed by atoms with Crippen LogP contribution in [0.5, 0.6) is 0 Å². The second-order valence-electron chi connectivity index (χ2n) is 2.93. The number of H-pyrrole nitrogens is 1. The summed E-state index contributed by atoms with van der Waals surface area (Å²) in [6.45, 7) is 0.703. The summed E-state index contributed by atoms with van der Waals surface area (Å²) in [6, 6.07) is 3.92. The number of fused-ring (bicyclic) bond motifs is 1. The van der Waals surface area contributed by atoms with Gasteiger partial charge in [0, 0.05) is 23.3 Å². The molecule has 0 atom stereocenters. The SMILES string of the molecule is CNCC#Cc1ccnc2[nH]ccc12. The standard InChI is InChI=1S/C11H11N3/c1-12-6-2-3-9-4-7-13-11-10(9)5-8-14-11/h4-5,7-8,12H,6H2,1H3,(H,13,14). The Morgan fingerprint density at radius 2 is 2.43 bits per heavy atom. The van der Waals surface area contributed by atoms with Gasteiger partial charge in [-0.1, -0.05) is 11.8 Å². The molecular weight excluding hydrogens is 174 g/mol. The maximum Gasteiger partial charge on any atom is 0.138 e. The Morgan fingerprint density at radius 1 is 1.50 bits per heavy atom. The van der Waals surface area contributed by atoms with Gasteiger partial charge in [-0.25, -0.2) is 4.98 Å². The smallest absolute Gasteiger partial charge is 0.138 e. The third-order valence-corrected chi connectivity index (χ3v) is 1.95. The van der Waals surface area contributed by atoms with Crippen molar-refractivity contribution in [2.45, 2.75) is 0 Å². The highest BCUT2D eigenvalue weighted by atomic mass is 14.8. The van der Waals surface area contributed by atoms with Gasteiger partial charge in [0.05, 0.1) is 6.54 Å². The molecule has 0 unspecified atom stereocenters. The Morgan fingerprint density at radius 3 is 3.29 bits per heavy atom. The molecule has 2 aromatic rings. The summed E-state index contributed by atoms with van der Waals surface area (Å²) in [7, 11) is 1.88. The zero-order chi connectivity index (χ0) is 9.80. The van der Waals surface area contributed by atoms with E-state index in [-0.39, 0.29) is 0 Å². The summed E-state index contributed by atoms with van der Waals surface area (Å²) in [4.78, 5) is 7.25. The van der Waals surface area contributed by atoms with Crippen LogP contribution >= 0.6 is 0 Å². The number of nitrogens with zero attached hydrogens (tertiary/aromatic N) is 1. The van der Waals surface area contributed by atoms with E-state index in [4.69, 9.17) is 0 Å². The zero-order valence-electron chi connectivity index (χ0n) is 7.96.